The van der Waals surface area contributed by atoms with Crippen molar-refractivity contribution in [3.8, 4) is 5.75 Å². The van der Waals surface area contributed by atoms with Crippen molar-refractivity contribution in [1.82, 2.24) is 5.32 Å². The van der Waals surface area contributed by atoms with Gasteiger partial charge in [-0.3, -0.25) is 0 Å². The number of methoxy groups -OCH3 is 1. The molecule has 0 aromatic heterocycles. The van der Waals surface area contributed by atoms with Crippen LogP contribution < -0.4 is 15.0 Å². The molecule has 0 radical (unpaired) electrons. The van der Waals surface area contributed by atoms with E-state index in [0.29, 0.717) is 0 Å². The zero-order chi connectivity index (χ0) is 14.0. The Morgan fingerprint density at radius 1 is 1.32 bits per heavy atom. The number of nitrogens with one attached hydrogen (secondary N) is 1. The fraction of sp³-hybridized carbons (Fsp3) is 0.625. The summed E-state index contributed by atoms with van der Waals surface area (Å²) < 4.78 is 5.67. The number of aryl methyl sites for hydroxylation is 2. The van der Waals surface area contributed by atoms with Gasteiger partial charge in [0.15, 0.2) is 0 Å². The van der Waals surface area contributed by atoms with Crippen LogP contribution in [0.25, 0.3) is 0 Å². The summed E-state index contributed by atoms with van der Waals surface area (Å²) >= 11 is 0. The van der Waals surface area contributed by atoms with E-state index in [1.165, 1.54) is 28.8 Å². The average molecular weight is 262 g/mol. The van der Waals surface area contributed by atoms with Gasteiger partial charge < -0.3 is 15.0 Å². The molecule has 1 aromatic carbocycles. The molecular formula is C16H26N2O. The third kappa shape index (κ3) is 2.86. The Bertz CT molecular complexity index is 451. The van der Waals surface area contributed by atoms with Crippen LogP contribution >= 0.6 is 0 Å². The second kappa shape index (κ2) is 5.83. The Labute approximate surface area is 116 Å². The SMILES string of the molecule is COc1c(C)c(C)cc(C)c1N(C)CC1CCNC1. The summed E-state index contributed by atoms with van der Waals surface area (Å²) in [6, 6.07) is 2.26. The number of anilines is 1. The van der Waals surface area contributed by atoms with E-state index >= 15 is 0 Å². The van der Waals surface area contributed by atoms with Crippen LogP contribution in [0.15, 0.2) is 6.07 Å². The van der Waals surface area contributed by atoms with Gasteiger partial charge in [-0.2, -0.15) is 0 Å². The Hall–Kier alpha value is -1.22. The Balaban J connectivity index is 2.29. The third-order valence-electron chi connectivity index (χ3n) is 4.23. The first kappa shape index (κ1) is 14.2. The molecule has 1 heterocycles. The highest BCUT2D eigenvalue weighted by atomic mass is 16.5. The number of rotatable bonds is 4. The fourth-order valence-corrected chi connectivity index (χ4v) is 3.11. The zero-order valence-corrected chi connectivity index (χ0v) is 12.8. The van der Waals surface area contributed by atoms with E-state index in [2.05, 4.69) is 44.1 Å². The standard InChI is InChI=1S/C16H26N2O/c1-11-8-12(2)15(16(19-5)13(11)3)18(4)10-14-6-7-17-9-14/h8,14,17H,6-7,9-10H2,1-5H3. The van der Waals surface area contributed by atoms with Crippen molar-refractivity contribution < 1.29 is 4.74 Å². The topological polar surface area (TPSA) is 24.5 Å². The van der Waals surface area contributed by atoms with E-state index in [1.54, 1.807) is 7.11 Å². The van der Waals surface area contributed by atoms with Crippen LogP contribution in [0.3, 0.4) is 0 Å². The van der Waals surface area contributed by atoms with Crippen molar-refractivity contribution in [2.45, 2.75) is 27.2 Å². The van der Waals surface area contributed by atoms with Crippen molar-refractivity contribution in [1.29, 1.82) is 0 Å². The van der Waals surface area contributed by atoms with E-state index in [4.69, 9.17) is 4.74 Å². The van der Waals surface area contributed by atoms with Crippen molar-refractivity contribution in [2.75, 3.05) is 38.7 Å². The van der Waals surface area contributed by atoms with Crippen LogP contribution in [0.2, 0.25) is 0 Å². The third-order valence-corrected chi connectivity index (χ3v) is 4.23. The number of hydrogen-bond donors (Lipinski definition) is 1. The van der Waals surface area contributed by atoms with Crippen LogP contribution in [-0.4, -0.2) is 33.8 Å². The van der Waals surface area contributed by atoms with Gasteiger partial charge in [0, 0.05) is 13.6 Å². The monoisotopic (exact) mass is 262 g/mol. The molecule has 1 N–H and O–H groups in total. The van der Waals surface area contributed by atoms with E-state index in [-0.39, 0.29) is 0 Å². The lowest BCUT2D eigenvalue weighted by Crippen LogP contribution is -2.28. The maximum atomic E-state index is 5.67. The molecule has 1 unspecified atom stereocenters. The first-order chi connectivity index (χ1) is 9.04. The summed E-state index contributed by atoms with van der Waals surface area (Å²) in [5.74, 6) is 1.78. The average Bonchev–Trinajstić information content (AvgIpc) is 2.85. The quantitative estimate of drug-likeness (QED) is 0.903. The second-order valence-corrected chi connectivity index (χ2v) is 5.76. The largest absolute Gasteiger partial charge is 0.494 e. The number of nitrogens with zero attached hydrogens (tertiary/aromatic N) is 1. The molecule has 1 aliphatic rings. The van der Waals surface area contributed by atoms with Gasteiger partial charge in [0.2, 0.25) is 0 Å². The van der Waals surface area contributed by atoms with Crippen LogP contribution in [0.4, 0.5) is 5.69 Å². The van der Waals surface area contributed by atoms with E-state index in [0.717, 1.165) is 31.3 Å². The highest BCUT2D eigenvalue weighted by Crippen LogP contribution is 2.36. The molecular weight excluding hydrogens is 236 g/mol. The highest BCUT2D eigenvalue weighted by molar-refractivity contribution is 5.67. The Kier molecular flexibility index (Phi) is 4.35. The molecule has 106 valence electrons. The van der Waals surface area contributed by atoms with Crippen LogP contribution in [0.5, 0.6) is 5.75 Å². The van der Waals surface area contributed by atoms with Crippen molar-refractivity contribution >= 4 is 5.69 Å². The predicted molar refractivity (Wildman–Crippen MR) is 81.5 cm³/mol. The van der Waals surface area contributed by atoms with Crippen molar-refractivity contribution in [3.63, 3.8) is 0 Å². The summed E-state index contributed by atoms with van der Waals surface area (Å²) in [5.41, 5.74) is 5.10. The zero-order valence-electron chi connectivity index (χ0n) is 12.8. The molecule has 0 spiro atoms. The van der Waals surface area contributed by atoms with Gasteiger partial charge in [-0.1, -0.05) is 6.07 Å². The van der Waals surface area contributed by atoms with Crippen LogP contribution in [0, 0.1) is 26.7 Å². The van der Waals surface area contributed by atoms with Crippen molar-refractivity contribution in [3.05, 3.63) is 22.8 Å². The Morgan fingerprint density at radius 3 is 2.63 bits per heavy atom. The highest BCUT2D eigenvalue weighted by Gasteiger charge is 2.21. The van der Waals surface area contributed by atoms with Crippen LogP contribution in [0.1, 0.15) is 23.1 Å². The summed E-state index contributed by atoms with van der Waals surface area (Å²) in [5, 5.41) is 3.43. The molecule has 0 bridgehead atoms. The van der Waals surface area contributed by atoms with Gasteiger partial charge in [-0.15, -0.1) is 0 Å². The second-order valence-electron chi connectivity index (χ2n) is 5.76. The summed E-state index contributed by atoms with van der Waals surface area (Å²) in [6.45, 7) is 9.84. The predicted octanol–water partition coefficient (Wildman–Crippen LogP) is 2.67. The molecule has 1 fully saturated rings. The minimum absolute atomic E-state index is 0.746. The molecule has 3 nitrogen and oxygen atoms in total. The maximum absolute atomic E-state index is 5.67. The molecule has 0 amide bonds. The molecule has 1 aliphatic heterocycles. The minimum atomic E-state index is 0.746. The molecule has 0 saturated carbocycles. The Morgan fingerprint density at radius 2 is 2.05 bits per heavy atom. The molecule has 1 atom stereocenters. The normalized spacial score (nSPS) is 18.7. The lowest BCUT2D eigenvalue weighted by atomic mass is 10.0. The molecule has 1 saturated heterocycles. The van der Waals surface area contributed by atoms with Gasteiger partial charge in [-0.05, 0) is 62.9 Å². The lowest BCUT2D eigenvalue weighted by molar-refractivity contribution is 0.410. The maximum Gasteiger partial charge on any atom is 0.145 e. The van der Waals surface area contributed by atoms with Gasteiger partial charge in [-0.25, -0.2) is 0 Å². The fourth-order valence-electron chi connectivity index (χ4n) is 3.11. The number of ether oxygens (including phenoxy) is 1. The minimum Gasteiger partial charge on any atom is -0.494 e. The first-order valence-corrected chi connectivity index (χ1v) is 7.11. The van der Waals surface area contributed by atoms with E-state index in [1.807, 2.05) is 0 Å². The van der Waals surface area contributed by atoms with Crippen LogP contribution in [-0.2, 0) is 0 Å². The number of hydrogen-bond acceptors (Lipinski definition) is 3. The summed E-state index contributed by atoms with van der Waals surface area (Å²) in [6.07, 6.45) is 1.27. The van der Waals surface area contributed by atoms with Gasteiger partial charge in [0.25, 0.3) is 0 Å². The lowest BCUT2D eigenvalue weighted by Gasteiger charge is -2.28. The van der Waals surface area contributed by atoms with Gasteiger partial charge in [0.1, 0.15) is 5.75 Å². The van der Waals surface area contributed by atoms with Gasteiger partial charge >= 0.3 is 0 Å². The summed E-state index contributed by atoms with van der Waals surface area (Å²) in [7, 11) is 3.95. The van der Waals surface area contributed by atoms with Crippen molar-refractivity contribution in [2.24, 2.45) is 5.92 Å². The first-order valence-electron chi connectivity index (χ1n) is 7.11. The molecule has 3 heteroatoms. The number of benzene rings is 1. The van der Waals surface area contributed by atoms with Gasteiger partial charge in [0.05, 0.1) is 12.8 Å². The molecule has 1 aromatic rings. The molecule has 0 aliphatic carbocycles. The molecule has 19 heavy (non-hydrogen) atoms. The summed E-state index contributed by atoms with van der Waals surface area (Å²) in [4.78, 5) is 2.36. The van der Waals surface area contributed by atoms with E-state index < -0.39 is 0 Å². The van der Waals surface area contributed by atoms with E-state index in [9.17, 15) is 0 Å². The molecule has 2 rings (SSSR count). The smallest absolute Gasteiger partial charge is 0.145 e.